The number of carbonyl (C=O) groups is 3. The van der Waals surface area contributed by atoms with Gasteiger partial charge in [0.1, 0.15) is 18.1 Å². The Bertz CT molecular complexity index is 1520. The monoisotopic (exact) mass is 656 g/mol. The second-order valence-electron chi connectivity index (χ2n) is 9.87. The molecule has 3 aromatic carbocycles. The molecule has 0 bridgehead atoms. The van der Waals surface area contributed by atoms with Crippen LogP contribution in [0.1, 0.15) is 42.0 Å². The van der Waals surface area contributed by atoms with Crippen LogP contribution in [0.15, 0.2) is 64.0 Å². The Hall–Kier alpha value is -3.27. The summed E-state index contributed by atoms with van der Waals surface area (Å²) in [6.45, 7) is 8.22. The molecule has 3 aromatic rings. The fourth-order valence-corrected chi connectivity index (χ4v) is 5.63. The second-order valence-corrected chi connectivity index (χ2v) is 12.1. The Labute approximate surface area is 257 Å². The minimum atomic E-state index is -0.360. The number of thioether (sulfide) groups is 1. The standard InChI is InChI=1S/C31H30BrClN2O5S/c1-18(2)23-9-5-19(3)13-27(23)39-12-11-35-30(37)28(41-31(35)38)15-21-7-10-26(24(32)14-21)40-17-29(36)34-22-8-6-20(4)25(33)16-22/h5-10,13-16,18H,11-12,17H2,1-4H3,(H,34,36)/b28-15-. The number of nitrogens with zero attached hydrogens (tertiary/aromatic N) is 1. The lowest BCUT2D eigenvalue weighted by atomic mass is 10.0. The molecule has 4 rings (SSSR count). The van der Waals surface area contributed by atoms with Gasteiger partial charge in [0.25, 0.3) is 17.1 Å². The molecule has 1 heterocycles. The number of halogens is 2. The Morgan fingerprint density at radius 2 is 1.83 bits per heavy atom. The quantitative estimate of drug-likeness (QED) is 0.223. The largest absolute Gasteiger partial charge is 0.491 e. The second kappa shape index (κ2) is 13.6. The first kappa shape index (κ1) is 30.7. The summed E-state index contributed by atoms with van der Waals surface area (Å²) in [5.41, 5.74) is 4.36. The average molecular weight is 658 g/mol. The van der Waals surface area contributed by atoms with Gasteiger partial charge in [-0.05, 0) is 106 Å². The fourth-order valence-electron chi connectivity index (χ4n) is 4.07. The van der Waals surface area contributed by atoms with E-state index in [9.17, 15) is 14.4 Å². The van der Waals surface area contributed by atoms with Crippen LogP contribution < -0.4 is 14.8 Å². The van der Waals surface area contributed by atoms with E-state index < -0.39 is 0 Å². The highest BCUT2D eigenvalue weighted by Crippen LogP contribution is 2.34. The van der Waals surface area contributed by atoms with Gasteiger partial charge in [0.2, 0.25) is 0 Å². The van der Waals surface area contributed by atoms with E-state index in [0.29, 0.717) is 31.4 Å². The Kier molecular flexibility index (Phi) is 10.2. The third-order valence-corrected chi connectivity index (χ3v) is 8.24. The van der Waals surface area contributed by atoms with Crippen LogP contribution >= 0.6 is 39.3 Å². The molecule has 0 saturated carbocycles. The summed E-state index contributed by atoms with van der Waals surface area (Å²) in [5, 5.41) is 2.98. The Morgan fingerprint density at radius 3 is 2.54 bits per heavy atom. The van der Waals surface area contributed by atoms with E-state index in [1.807, 2.05) is 38.1 Å². The molecule has 10 heteroatoms. The molecule has 0 radical (unpaired) electrons. The van der Waals surface area contributed by atoms with Crippen molar-refractivity contribution in [1.29, 1.82) is 0 Å². The van der Waals surface area contributed by atoms with Gasteiger partial charge < -0.3 is 14.8 Å². The highest BCUT2D eigenvalue weighted by Gasteiger charge is 2.35. The number of carbonyl (C=O) groups excluding carboxylic acids is 3. The Morgan fingerprint density at radius 1 is 1.05 bits per heavy atom. The molecule has 1 aliphatic rings. The summed E-state index contributed by atoms with van der Waals surface area (Å²) < 4.78 is 12.2. The van der Waals surface area contributed by atoms with Crippen molar-refractivity contribution in [3.8, 4) is 11.5 Å². The van der Waals surface area contributed by atoms with Crippen LogP contribution in [-0.2, 0) is 9.59 Å². The van der Waals surface area contributed by atoms with Gasteiger partial charge >= 0.3 is 0 Å². The predicted molar refractivity (Wildman–Crippen MR) is 168 cm³/mol. The first-order valence-electron chi connectivity index (χ1n) is 13.0. The molecule has 0 unspecified atom stereocenters. The Balaban J connectivity index is 1.33. The smallest absolute Gasteiger partial charge is 0.293 e. The normalized spacial score (nSPS) is 14.2. The van der Waals surface area contributed by atoms with Gasteiger partial charge in [-0.3, -0.25) is 19.3 Å². The van der Waals surface area contributed by atoms with Gasteiger partial charge in [0.15, 0.2) is 6.61 Å². The molecule has 0 aliphatic carbocycles. The summed E-state index contributed by atoms with van der Waals surface area (Å²) in [5.74, 6) is 0.827. The molecule has 0 atom stereocenters. The van der Waals surface area contributed by atoms with Gasteiger partial charge in [-0.15, -0.1) is 0 Å². The molecular formula is C31H30BrClN2O5S. The molecule has 1 N–H and O–H groups in total. The van der Waals surface area contributed by atoms with Crippen molar-refractivity contribution in [2.75, 3.05) is 25.1 Å². The van der Waals surface area contributed by atoms with Gasteiger partial charge in [-0.2, -0.15) is 0 Å². The van der Waals surface area contributed by atoms with Crippen LogP contribution in [0.3, 0.4) is 0 Å². The van der Waals surface area contributed by atoms with Crippen LogP contribution in [0.4, 0.5) is 10.5 Å². The van der Waals surface area contributed by atoms with Crippen LogP contribution in [0.5, 0.6) is 11.5 Å². The van der Waals surface area contributed by atoms with Crippen molar-refractivity contribution < 1.29 is 23.9 Å². The summed E-state index contributed by atoms with van der Waals surface area (Å²) in [7, 11) is 0. The minimum Gasteiger partial charge on any atom is -0.491 e. The molecule has 1 aliphatic heterocycles. The first-order valence-corrected chi connectivity index (χ1v) is 15.0. The molecule has 214 valence electrons. The zero-order valence-corrected chi connectivity index (χ0v) is 26.3. The summed E-state index contributed by atoms with van der Waals surface area (Å²) in [6.07, 6.45) is 1.66. The topological polar surface area (TPSA) is 84.9 Å². The number of benzene rings is 3. The minimum absolute atomic E-state index is 0.154. The van der Waals surface area contributed by atoms with E-state index in [1.54, 1.807) is 36.4 Å². The maximum absolute atomic E-state index is 13.0. The van der Waals surface area contributed by atoms with Crippen LogP contribution in [0.25, 0.3) is 6.08 Å². The van der Waals surface area contributed by atoms with Crippen molar-refractivity contribution in [2.24, 2.45) is 0 Å². The predicted octanol–water partition coefficient (Wildman–Crippen LogP) is 7.98. The average Bonchev–Trinajstić information content (AvgIpc) is 3.17. The molecule has 1 fully saturated rings. The number of rotatable bonds is 10. The van der Waals surface area contributed by atoms with Gasteiger partial charge in [-0.1, -0.05) is 49.7 Å². The van der Waals surface area contributed by atoms with E-state index in [2.05, 4.69) is 35.1 Å². The number of ether oxygens (including phenoxy) is 2. The third-order valence-electron chi connectivity index (χ3n) is 6.31. The number of anilines is 1. The highest BCUT2D eigenvalue weighted by molar-refractivity contribution is 9.10. The molecule has 0 aromatic heterocycles. The van der Waals surface area contributed by atoms with E-state index >= 15 is 0 Å². The van der Waals surface area contributed by atoms with Crippen LogP contribution in [-0.4, -0.2) is 41.7 Å². The van der Waals surface area contributed by atoms with Crippen molar-refractivity contribution in [2.45, 2.75) is 33.6 Å². The number of amides is 3. The van der Waals surface area contributed by atoms with Gasteiger partial charge in [0.05, 0.1) is 15.9 Å². The maximum Gasteiger partial charge on any atom is 0.293 e. The molecule has 1 saturated heterocycles. The van der Waals surface area contributed by atoms with Crippen molar-refractivity contribution >= 4 is 68.1 Å². The number of nitrogens with one attached hydrogen (secondary N) is 1. The van der Waals surface area contributed by atoms with Gasteiger partial charge in [0, 0.05) is 10.7 Å². The van der Waals surface area contributed by atoms with Crippen LogP contribution in [0, 0.1) is 13.8 Å². The van der Waals surface area contributed by atoms with E-state index in [1.165, 1.54) is 4.90 Å². The number of hydrogen-bond donors (Lipinski definition) is 1. The van der Waals surface area contributed by atoms with Crippen molar-refractivity contribution in [1.82, 2.24) is 4.90 Å². The van der Waals surface area contributed by atoms with Crippen molar-refractivity contribution in [3.63, 3.8) is 0 Å². The van der Waals surface area contributed by atoms with E-state index in [-0.39, 0.29) is 42.7 Å². The molecule has 0 spiro atoms. The zero-order valence-electron chi connectivity index (χ0n) is 23.1. The highest BCUT2D eigenvalue weighted by atomic mass is 79.9. The van der Waals surface area contributed by atoms with Crippen LogP contribution in [0.2, 0.25) is 5.02 Å². The molecule has 7 nitrogen and oxygen atoms in total. The summed E-state index contributed by atoms with van der Waals surface area (Å²) in [4.78, 5) is 39.4. The lowest BCUT2D eigenvalue weighted by Crippen LogP contribution is -2.32. The van der Waals surface area contributed by atoms with Crippen molar-refractivity contribution in [3.05, 3.63) is 91.3 Å². The first-order chi connectivity index (χ1) is 19.5. The summed E-state index contributed by atoms with van der Waals surface area (Å²) in [6, 6.07) is 16.5. The number of hydrogen-bond acceptors (Lipinski definition) is 6. The van der Waals surface area contributed by atoms with Gasteiger partial charge in [-0.25, -0.2) is 0 Å². The fraction of sp³-hybridized carbons (Fsp3) is 0.258. The number of imide groups is 1. The third kappa shape index (κ3) is 7.93. The van der Waals surface area contributed by atoms with E-state index in [4.69, 9.17) is 21.1 Å². The molecular weight excluding hydrogens is 628 g/mol. The van der Waals surface area contributed by atoms with E-state index in [0.717, 1.165) is 34.2 Å². The SMILES string of the molecule is Cc1ccc(C(C)C)c(OCCN2C(=O)S/C(=C\c3ccc(OCC(=O)Nc4ccc(C)c(Cl)c4)c(Br)c3)C2=O)c1. The maximum atomic E-state index is 13.0. The molecule has 41 heavy (non-hydrogen) atoms. The zero-order chi connectivity index (χ0) is 29.7. The summed E-state index contributed by atoms with van der Waals surface area (Å²) >= 11 is 10.5. The molecule has 3 amide bonds. The lowest BCUT2D eigenvalue weighted by molar-refractivity contribution is -0.123. The lowest BCUT2D eigenvalue weighted by Gasteiger charge is -2.17. The number of aryl methyl sites for hydroxylation is 2.